The van der Waals surface area contributed by atoms with Crippen molar-refractivity contribution in [2.75, 3.05) is 0 Å². The first-order chi connectivity index (χ1) is 12.6. The van der Waals surface area contributed by atoms with Gasteiger partial charge in [0.05, 0.1) is 18.9 Å². The Morgan fingerprint density at radius 1 is 1.15 bits per heavy atom. The molecule has 7 nitrogen and oxygen atoms in total. The van der Waals surface area contributed by atoms with E-state index in [2.05, 4.69) is 10.2 Å². The summed E-state index contributed by atoms with van der Waals surface area (Å²) in [6.07, 6.45) is 3.21. The molecule has 132 valence electrons. The van der Waals surface area contributed by atoms with Gasteiger partial charge in [0.25, 0.3) is 11.8 Å². The highest BCUT2D eigenvalue weighted by Crippen LogP contribution is 2.27. The molecular weight excluding hydrogens is 336 g/mol. The highest BCUT2D eigenvalue weighted by molar-refractivity contribution is 5.88. The summed E-state index contributed by atoms with van der Waals surface area (Å²) < 4.78 is 21.4. The van der Waals surface area contributed by atoms with Crippen molar-refractivity contribution in [3.05, 3.63) is 59.4 Å². The van der Waals surface area contributed by atoms with E-state index in [9.17, 15) is 4.79 Å². The Labute approximate surface area is 148 Å². The van der Waals surface area contributed by atoms with Crippen LogP contribution in [-0.4, -0.2) is 16.2 Å². The van der Waals surface area contributed by atoms with E-state index in [1.165, 1.54) is 6.26 Å². The van der Waals surface area contributed by atoms with E-state index < -0.39 is 5.97 Å². The van der Waals surface area contributed by atoms with Crippen LogP contribution in [0.2, 0.25) is 0 Å². The second kappa shape index (κ2) is 6.51. The Kier molecular flexibility index (Phi) is 4.04. The smallest absolute Gasteiger partial charge is 0.310 e. The van der Waals surface area contributed by atoms with E-state index >= 15 is 0 Å². The second-order valence-corrected chi connectivity index (χ2v) is 5.96. The topological polar surface area (TPSA) is 91.5 Å². The Morgan fingerprint density at radius 2 is 2.04 bits per heavy atom. The summed E-state index contributed by atoms with van der Waals surface area (Å²) in [5, 5.41) is 8.61. The van der Waals surface area contributed by atoms with E-state index in [-0.39, 0.29) is 24.8 Å². The lowest BCUT2D eigenvalue weighted by atomic mass is 10.0. The minimum absolute atomic E-state index is 0.0968. The molecule has 0 saturated carbocycles. The van der Waals surface area contributed by atoms with Gasteiger partial charge in [0.15, 0.2) is 12.4 Å². The number of nitrogens with zero attached hydrogens (tertiary/aromatic N) is 2. The van der Waals surface area contributed by atoms with Gasteiger partial charge in [-0.25, -0.2) is 0 Å². The number of aromatic nitrogens is 2. The molecule has 0 fully saturated rings. The fourth-order valence-corrected chi connectivity index (χ4v) is 2.69. The predicted octanol–water partition coefficient (Wildman–Crippen LogP) is 3.98. The molecule has 4 aromatic rings. The number of hydrogen-bond donors (Lipinski definition) is 0. The molecule has 0 N–H and O–H groups in total. The van der Waals surface area contributed by atoms with Crippen molar-refractivity contribution in [2.45, 2.75) is 26.9 Å². The van der Waals surface area contributed by atoms with Crippen molar-refractivity contribution in [1.29, 1.82) is 0 Å². The number of esters is 1. The molecule has 0 saturated heterocycles. The molecule has 0 atom stereocenters. The summed E-state index contributed by atoms with van der Waals surface area (Å²) in [5.74, 6) is 0.510. The number of ether oxygens (including phenoxy) is 1. The van der Waals surface area contributed by atoms with Gasteiger partial charge in [-0.1, -0.05) is 12.1 Å². The molecule has 0 spiro atoms. The summed E-state index contributed by atoms with van der Waals surface area (Å²) in [7, 11) is 0. The van der Waals surface area contributed by atoms with Gasteiger partial charge < -0.3 is 18.0 Å². The van der Waals surface area contributed by atoms with Gasteiger partial charge in [-0.05, 0) is 37.1 Å². The van der Waals surface area contributed by atoms with Crippen molar-refractivity contribution in [2.24, 2.45) is 0 Å². The molecule has 0 aliphatic rings. The third-order valence-corrected chi connectivity index (χ3v) is 4.23. The summed E-state index contributed by atoms with van der Waals surface area (Å²) >= 11 is 0. The highest BCUT2D eigenvalue weighted by Gasteiger charge is 2.16. The van der Waals surface area contributed by atoms with Crippen LogP contribution in [0.5, 0.6) is 0 Å². The number of fused-ring (bicyclic) bond motifs is 1. The molecule has 26 heavy (non-hydrogen) atoms. The largest absolute Gasteiger partial charge is 0.464 e. The highest BCUT2D eigenvalue weighted by atomic mass is 16.5. The lowest BCUT2D eigenvalue weighted by molar-refractivity contribution is -0.144. The van der Waals surface area contributed by atoms with Crippen molar-refractivity contribution in [1.82, 2.24) is 10.2 Å². The average Bonchev–Trinajstić information content (AvgIpc) is 3.36. The van der Waals surface area contributed by atoms with Crippen LogP contribution in [0.3, 0.4) is 0 Å². The third-order valence-electron chi connectivity index (χ3n) is 4.23. The summed E-state index contributed by atoms with van der Waals surface area (Å²) in [6.45, 7) is 3.92. The van der Waals surface area contributed by atoms with Gasteiger partial charge >= 0.3 is 5.97 Å². The molecule has 0 unspecified atom stereocenters. The Bertz CT molecular complexity index is 1060. The van der Waals surface area contributed by atoms with Crippen LogP contribution in [0.15, 0.2) is 50.0 Å². The number of hydrogen-bond acceptors (Lipinski definition) is 7. The first kappa shape index (κ1) is 16.1. The van der Waals surface area contributed by atoms with Crippen molar-refractivity contribution < 1.29 is 22.8 Å². The van der Waals surface area contributed by atoms with Crippen LogP contribution in [0, 0.1) is 13.8 Å². The normalized spacial score (nSPS) is 11.2. The number of carbonyl (C=O) groups excluding carboxylic acids is 1. The maximum absolute atomic E-state index is 12.1. The van der Waals surface area contributed by atoms with E-state index in [0.29, 0.717) is 5.76 Å². The van der Waals surface area contributed by atoms with Crippen LogP contribution in [0.4, 0.5) is 0 Å². The maximum Gasteiger partial charge on any atom is 0.310 e. The van der Waals surface area contributed by atoms with Gasteiger partial charge in [-0.3, -0.25) is 4.79 Å². The quantitative estimate of drug-likeness (QED) is 0.502. The zero-order valence-corrected chi connectivity index (χ0v) is 14.3. The molecule has 0 amide bonds. The van der Waals surface area contributed by atoms with Crippen LogP contribution >= 0.6 is 0 Å². The van der Waals surface area contributed by atoms with Crippen LogP contribution < -0.4 is 0 Å². The number of benzene rings is 1. The maximum atomic E-state index is 12.1. The van der Waals surface area contributed by atoms with Gasteiger partial charge in [0.1, 0.15) is 5.58 Å². The molecule has 0 bridgehead atoms. The Morgan fingerprint density at radius 3 is 2.85 bits per heavy atom. The molecular formula is C19H16N2O5. The molecule has 4 rings (SSSR count). The third kappa shape index (κ3) is 2.99. The zero-order chi connectivity index (χ0) is 18.1. The Balaban J connectivity index is 1.41. The fraction of sp³-hybridized carbons (Fsp3) is 0.211. The molecule has 7 heteroatoms. The first-order valence-corrected chi connectivity index (χ1v) is 8.10. The van der Waals surface area contributed by atoms with Crippen molar-refractivity contribution >= 4 is 16.9 Å². The summed E-state index contributed by atoms with van der Waals surface area (Å²) in [5.41, 5.74) is 3.80. The summed E-state index contributed by atoms with van der Waals surface area (Å²) in [4.78, 5) is 12.1. The lowest BCUT2D eigenvalue weighted by Crippen LogP contribution is -2.08. The molecule has 3 aromatic heterocycles. The Hall–Kier alpha value is -3.35. The number of carbonyl (C=O) groups is 1. The van der Waals surface area contributed by atoms with Gasteiger partial charge in [-0.15, -0.1) is 10.2 Å². The first-order valence-electron chi connectivity index (χ1n) is 8.10. The van der Waals surface area contributed by atoms with E-state index in [1.807, 2.05) is 26.0 Å². The minimum Gasteiger partial charge on any atom is -0.464 e. The average molecular weight is 352 g/mol. The van der Waals surface area contributed by atoms with E-state index in [1.54, 1.807) is 18.4 Å². The number of aryl methyl sites for hydroxylation is 2. The fourth-order valence-electron chi connectivity index (χ4n) is 2.69. The molecule has 1 aromatic carbocycles. The van der Waals surface area contributed by atoms with Crippen molar-refractivity contribution in [3.63, 3.8) is 0 Å². The van der Waals surface area contributed by atoms with Gasteiger partial charge in [0, 0.05) is 10.9 Å². The van der Waals surface area contributed by atoms with Crippen molar-refractivity contribution in [3.8, 4) is 11.7 Å². The molecule has 0 aliphatic heterocycles. The standard InChI is InChI=1S/C19H16N2O5/c1-11-5-6-14-13(9-25-18(14)12(11)2)8-17(22)24-10-16-20-21-19(26-16)15-4-3-7-23-15/h3-7,9H,8,10H2,1-2H3. The molecule has 0 radical (unpaired) electrons. The lowest BCUT2D eigenvalue weighted by Gasteiger charge is -2.02. The molecule has 3 heterocycles. The van der Waals surface area contributed by atoms with Crippen LogP contribution in [-0.2, 0) is 22.6 Å². The SMILES string of the molecule is Cc1ccc2c(CC(=O)OCc3nnc(-c4ccco4)o3)coc2c1C. The van der Waals surface area contributed by atoms with E-state index in [4.69, 9.17) is 18.0 Å². The second-order valence-electron chi connectivity index (χ2n) is 5.96. The summed E-state index contributed by atoms with van der Waals surface area (Å²) in [6, 6.07) is 7.39. The molecule has 0 aliphatic carbocycles. The van der Waals surface area contributed by atoms with E-state index in [0.717, 1.165) is 27.7 Å². The van der Waals surface area contributed by atoms with Gasteiger partial charge in [0.2, 0.25) is 0 Å². The zero-order valence-electron chi connectivity index (χ0n) is 14.3. The number of rotatable bonds is 5. The predicted molar refractivity (Wildman–Crippen MR) is 91.2 cm³/mol. The van der Waals surface area contributed by atoms with Crippen LogP contribution in [0.25, 0.3) is 22.6 Å². The minimum atomic E-state index is -0.399. The number of furan rings is 2. The van der Waals surface area contributed by atoms with Crippen LogP contribution in [0.1, 0.15) is 22.6 Å². The monoisotopic (exact) mass is 352 g/mol. The van der Waals surface area contributed by atoms with Gasteiger partial charge in [-0.2, -0.15) is 0 Å².